The molecule has 3 amide bonds. The van der Waals surface area contributed by atoms with E-state index < -0.39 is 66.9 Å². The highest BCUT2D eigenvalue weighted by Crippen LogP contribution is 2.19. The zero-order valence-corrected chi connectivity index (χ0v) is 17.2. The highest BCUT2D eigenvalue weighted by Gasteiger charge is 2.38. The number of rotatable bonds is 13. The van der Waals surface area contributed by atoms with Crippen LogP contribution < -0.4 is 22.1 Å². The molecule has 4 unspecified atom stereocenters. The van der Waals surface area contributed by atoms with Gasteiger partial charge in [0.1, 0.15) is 18.1 Å². The first-order chi connectivity index (χ1) is 14.6. The number of aliphatic hydroxyl groups is 1. The summed E-state index contributed by atoms with van der Waals surface area (Å²) >= 11 is 0. The number of nitrogens with zero attached hydrogens (tertiary/aromatic N) is 1. The molecule has 9 N–H and O–H groups in total. The van der Waals surface area contributed by atoms with Gasteiger partial charge in [-0.15, -0.1) is 0 Å². The van der Waals surface area contributed by atoms with Crippen LogP contribution in [0.2, 0.25) is 0 Å². The molecule has 0 aromatic rings. The summed E-state index contributed by atoms with van der Waals surface area (Å²) in [5.74, 6) is -5.16. The quantitative estimate of drug-likeness (QED) is 0.142. The van der Waals surface area contributed by atoms with Gasteiger partial charge < -0.3 is 42.3 Å². The first kappa shape index (κ1) is 26.3. The number of aliphatic hydroxyl groups excluding tert-OH is 1. The molecular formula is C18H31N5O8. The van der Waals surface area contributed by atoms with Crippen LogP contribution >= 0.6 is 0 Å². The molecule has 176 valence electrons. The number of hydrogen-bond acceptors (Lipinski definition) is 8. The molecule has 13 heteroatoms. The second-order valence-corrected chi connectivity index (χ2v) is 7.32. The van der Waals surface area contributed by atoms with Crippen molar-refractivity contribution in [3.8, 4) is 0 Å². The van der Waals surface area contributed by atoms with Crippen molar-refractivity contribution < 1.29 is 39.3 Å². The average Bonchev–Trinajstić information content (AvgIpc) is 3.20. The minimum atomic E-state index is -1.66. The Morgan fingerprint density at radius 3 is 2.29 bits per heavy atom. The van der Waals surface area contributed by atoms with Crippen molar-refractivity contribution in [2.45, 2.75) is 62.7 Å². The fourth-order valence-electron chi connectivity index (χ4n) is 3.26. The fourth-order valence-corrected chi connectivity index (χ4v) is 3.26. The Hall–Kier alpha value is -2.77. The molecule has 0 radical (unpaired) electrons. The van der Waals surface area contributed by atoms with E-state index in [1.807, 2.05) is 5.32 Å². The zero-order valence-electron chi connectivity index (χ0n) is 17.2. The fraction of sp³-hybridized carbons (Fsp3) is 0.722. The van der Waals surface area contributed by atoms with Gasteiger partial charge in [-0.1, -0.05) is 6.42 Å². The van der Waals surface area contributed by atoms with Crippen molar-refractivity contribution in [2.75, 3.05) is 19.7 Å². The van der Waals surface area contributed by atoms with E-state index in [0.29, 0.717) is 45.2 Å². The number of carboxylic acid groups (broad SMARTS) is 2. The topological polar surface area (TPSA) is 225 Å². The molecule has 4 atom stereocenters. The zero-order chi connectivity index (χ0) is 23.6. The lowest BCUT2D eigenvalue weighted by molar-refractivity contribution is -0.145. The maximum atomic E-state index is 12.7. The number of nitrogens with one attached hydrogen (secondary N) is 2. The lowest BCUT2D eigenvalue weighted by Crippen LogP contribution is -2.57. The molecule has 1 fully saturated rings. The van der Waals surface area contributed by atoms with Crippen LogP contribution in [0.15, 0.2) is 0 Å². The summed E-state index contributed by atoms with van der Waals surface area (Å²) in [6.07, 6.45) is 1.80. The van der Waals surface area contributed by atoms with Crippen LogP contribution in [0.5, 0.6) is 0 Å². The molecule has 0 aromatic carbocycles. The van der Waals surface area contributed by atoms with Crippen LogP contribution in [0.1, 0.15) is 38.5 Å². The molecule has 31 heavy (non-hydrogen) atoms. The minimum Gasteiger partial charge on any atom is -0.481 e. The number of hydrogen-bond donors (Lipinski definition) is 7. The van der Waals surface area contributed by atoms with Gasteiger partial charge in [-0.25, -0.2) is 4.79 Å². The van der Waals surface area contributed by atoms with Crippen molar-refractivity contribution in [1.29, 1.82) is 0 Å². The van der Waals surface area contributed by atoms with E-state index in [9.17, 15) is 24.0 Å². The summed E-state index contributed by atoms with van der Waals surface area (Å²) in [7, 11) is 0. The third kappa shape index (κ3) is 8.11. The maximum absolute atomic E-state index is 12.7. The van der Waals surface area contributed by atoms with Crippen LogP contribution in [0.3, 0.4) is 0 Å². The van der Waals surface area contributed by atoms with Crippen molar-refractivity contribution in [3.05, 3.63) is 0 Å². The number of amides is 3. The van der Waals surface area contributed by atoms with Crippen molar-refractivity contribution >= 4 is 29.7 Å². The smallest absolute Gasteiger partial charge is 0.328 e. The summed E-state index contributed by atoms with van der Waals surface area (Å²) in [6.45, 7) is -0.146. The highest BCUT2D eigenvalue weighted by atomic mass is 16.4. The van der Waals surface area contributed by atoms with Crippen LogP contribution in [-0.2, 0) is 24.0 Å². The Labute approximate surface area is 179 Å². The van der Waals surface area contributed by atoms with E-state index in [0.717, 1.165) is 0 Å². The highest BCUT2D eigenvalue weighted by molar-refractivity contribution is 5.95. The summed E-state index contributed by atoms with van der Waals surface area (Å²) in [4.78, 5) is 61.1. The number of nitrogens with two attached hydrogens (primary N) is 2. The second kappa shape index (κ2) is 12.8. The second-order valence-electron chi connectivity index (χ2n) is 7.32. The van der Waals surface area contributed by atoms with Gasteiger partial charge in [0.15, 0.2) is 0 Å². The molecule has 0 saturated carbocycles. The minimum absolute atomic E-state index is 0.295. The van der Waals surface area contributed by atoms with Crippen LogP contribution in [0.25, 0.3) is 0 Å². The third-order valence-electron chi connectivity index (χ3n) is 4.93. The number of aliphatic carboxylic acids is 2. The molecule has 0 aliphatic carbocycles. The van der Waals surface area contributed by atoms with Crippen LogP contribution in [0, 0.1) is 0 Å². The third-order valence-corrected chi connectivity index (χ3v) is 4.93. The number of carbonyl (C=O) groups excluding carboxylic acids is 3. The average molecular weight is 445 g/mol. The van der Waals surface area contributed by atoms with Crippen molar-refractivity contribution in [1.82, 2.24) is 15.5 Å². The first-order valence-electron chi connectivity index (χ1n) is 10.0. The Kier molecular flexibility index (Phi) is 10.9. The number of unbranched alkanes of at least 4 members (excludes halogenated alkanes) is 1. The predicted octanol–water partition coefficient (Wildman–Crippen LogP) is -3.05. The van der Waals surface area contributed by atoms with Gasteiger partial charge in [0.2, 0.25) is 17.7 Å². The van der Waals surface area contributed by atoms with Gasteiger partial charge in [0.25, 0.3) is 0 Å². The molecule has 0 spiro atoms. The summed E-state index contributed by atoms with van der Waals surface area (Å²) in [5.41, 5.74) is 11.4. The summed E-state index contributed by atoms with van der Waals surface area (Å²) < 4.78 is 0. The molecule has 1 aliphatic rings. The standard InChI is InChI=1S/C18H31N5O8/c19-6-2-1-4-10(20)17(29)23-7-3-5-13(23)16(28)21-11(8-14(25)26)15(27)22-12(9-24)18(30)31/h10-13,24H,1-9,19-20H2,(H,21,28)(H,22,27)(H,25,26)(H,30,31). The van der Waals surface area contributed by atoms with Gasteiger partial charge in [-0.3, -0.25) is 19.2 Å². The molecule has 0 aromatic heterocycles. The molecular weight excluding hydrogens is 414 g/mol. The lowest BCUT2D eigenvalue weighted by Gasteiger charge is -2.28. The Balaban J connectivity index is 2.84. The monoisotopic (exact) mass is 445 g/mol. The number of carboxylic acids is 2. The van der Waals surface area contributed by atoms with Crippen molar-refractivity contribution in [3.63, 3.8) is 0 Å². The van der Waals surface area contributed by atoms with E-state index in [4.69, 9.17) is 26.8 Å². The molecule has 1 rings (SSSR count). The molecule has 13 nitrogen and oxygen atoms in total. The van der Waals surface area contributed by atoms with E-state index in [1.165, 1.54) is 4.90 Å². The van der Waals surface area contributed by atoms with E-state index in [-0.39, 0.29) is 0 Å². The van der Waals surface area contributed by atoms with Crippen molar-refractivity contribution in [2.24, 2.45) is 11.5 Å². The lowest BCUT2D eigenvalue weighted by atomic mass is 10.1. The van der Waals surface area contributed by atoms with Crippen LogP contribution in [0.4, 0.5) is 0 Å². The first-order valence-corrected chi connectivity index (χ1v) is 10.0. The summed E-state index contributed by atoms with van der Waals surface area (Å²) in [5, 5.41) is 31.2. The van der Waals surface area contributed by atoms with Gasteiger partial charge >= 0.3 is 11.9 Å². The van der Waals surface area contributed by atoms with Gasteiger partial charge in [-0.05, 0) is 32.2 Å². The predicted molar refractivity (Wildman–Crippen MR) is 106 cm³/mol. The Bertz CT molecular complexity index is 673. The number of carbonyl (C=O) groups is 5. The Morgan fingerprint density at radius 1 is 1.06 bits per heavy atom. The molecule has 1 saturated heterocycles. The molecule has 1 heterocycles. The normalized spacial score (nSPS) is 18.7. The van der Waals surface area contributed by atoms with E-state index in [2.05, 4.69) is 5.32 Å². The largest absolute Gasteiger partial charge is 0.481 e. The Morgan fingerprint density at radius 2 is 1.74 bits per heavy atom. The van der Waals surface area contributed by atoms with Gasteiger partial charge in [-0.2, -0.15) is 0 Å². The number of likely N-dealkylation sites (tertiary alicyclic amines) is 1. The van der Waals surface area contributed by atoms with E-state index >= 15 is 0 Å². The SMILES string of the molecule is NCCCCC(N)C(=O)N1CCCC1C(=O)NC(CC(=O)O)C(=O)NC(CO)C(=O)O. The molecule has 0 bridgehead atoms. The van der Waals surface area contributed by atoms with Gasteiger partial charge in [0.05, 0.1) is 19.1 Å². The van der Waals surface area contributed by atoms with E-state index in [1.54, 1.807) is 0 Å². The summed E-state index contributed by atoms with van der Waals surface area (Å²) in [6, 6.07) is -4.98. The van der Waals surface area contributed by atoms with Crippen LogP contribution in [-0.4, -0.2) is 93.7 Å². The van der Waals surface area contributed by atoms with Gasteiger partial charge in [0, 0.05) is 6.54 Å². The molecule has 1 aliphatic heterocycles. The maximum Gasteiger partial charge on any atom is 0.328 e.